The van der Waals surface area contributed by atoms with Gasteiger partial charge in [-0.25, -0.2) is 4.39 Å². The molecular formula is C14H18FNO4. The van der Waals surface area contributed by atoms with Crippen molar-refractivity contribution < 1.29 is 23.8 Å². The van der Waals surface area contributed by atoms with Gasteiger partial charge >= 0.3 is 5.97 Å². The number of rotatable bonds is 7. The molecule has 2 atom stereocenters. The van der Waals surface area contributed by atoms with Gasteiger partial charge in [0.25, 0.3) is 0 Å². The summed E-state index contributed by atoms with van der Waals surface area (Å²) < 4.78 is 17.9. The molecule has 0 aromatic heterocycles. The van der Waals surface area contributed by atoms with E-state index < -0.39 is 23.9 Å². The predicted molar refractivity (Wildman–Crippen MR) is 70.6 cm³/mol. The summed E-state index contributed by atoms with van der Waals surface area (Å²) in [5, 5.41) is 11.5. The Kier molecular flexibility index (Phi) is 6.11. The highest BCUT2D eigenvalue weighted by molar-refractivity contribution is 5.81. The number of hydrogen-bond acceptors (Lipinski definition) is 3. The second kappa shape index (κ2) is 7.59. The Balaban J connectivity index is 2.87. The van der Waals surface area contributed by atoms with Crippen molar-refractivity contribution in [2.24, 2.45) is 0 Å². The van der Waals surface area contributed by atoms with Gasteiger partial charge in [0.15, 0.2) is 0 Å². The molecule has 0 saturated carbocycles. The fourth-order valence-electron chi connectivity index (χ4n) is 1.85. The van der Waals surface area contributed by atoms with Gasteiger partial charge < -0.3 is 15.2 Å². The number of carboxylic acids is 1. The van der Waals surface area contributed by atoms with Gasteiger partial charge in [-0.15, -0.1) is 0 Å². The first-order valence-electron chi connectivity index (χ1n) is 6.28. The van der Waals surface area contributed by atoms with Gasteiger partial charge in [0, 0.05) is 7.11 Å². The maximum absolute atomic E-state index is 12.9. The van der Waals surface area contributed by atoms with Crippen LogP contribution in [0.3, 0.4) is 0 Å². The molecule has 0 radical (unpaired) electrons. The summed E-state index contributed by atoms with van der Waals surface area (Å²) in [6, 6.07) is 4.65. The van der Waals surface area contributed by atoms with Crippen LogP contribution in [-0.2, 0) is 14.3 Å². The first kappa shape index (κ1) is 16.1. The van der Waals surface area contributed by atoms with Crippen LogP contribution in [0.4, 0.5) is 4.39 Å². The molecule has 20 heavy (non-hydrogen) atoms. The number of nitrogens with one attached hydrogen (secondary N) is 1. The lowest BCUT2D eigenvalue weighted by molar-refractivity contribution is -0.138. The molecule has 0 aliphatic rings. The van der Waals surface area contributed by atoms with Crippen LogP contribution in [0.15, 0.2) is 24.3 Å². The van der Waals surface area contributed by atoms with E-state index in [1.54, 1.807) is 6.92 Å². The monoisotopic (exact) mass is 283 g/mol. The number of carboxylic acid groups (broad SMARTS) is 1. The molecule has 1 amide bonds. The molecule has 0 aliphatic heterocycles. The highest BCUT2D eigenvalue weighted by Gasteiger charge is 2.22. The SMILES string of the molecule is CCC(OC)C(=O)NC(CC(=O)O)c1ccc(F)cc1. The summed E-state index contributed by atoms with van der Waals surface area (Å²) in [5.41, 5.74) is 0.535. The molecule has 0 spiro atoms. The fraction of sp³-hybridized carbons (Fsp3) is 0.429. The number of ether oxygens (including phenoxy) is 1. The number of amides is 1. The summed E-state index contributed by atoms with van der Waals surface area (Å²) in [6.07, 6.45) is -0.435. The minimum atomic E-state index is -1.05. The topological polar surface area (TPSA) is 75.6 Å². The van der Waals surface area contributed by atoms with Gasteiger partial charge in [0.2, 0.25) is 5.91 Å². The van der Waals surface area contributed by atoms with E-state index in [2.05, 4.69) is 5.32 Å². The maximum atomic E-state index is 12.9. The standard InChI is InChI=1S/C14H18FNO4/c1-3-12(20-2)14(19)16-11(8-13(17)18)9-4-6-10(15)7-5-9/h4-7,11-12H,3,8H2,1-2H3,(H,16,19)(H,17,18). The summed E-state index contributed by atoms with van der Waals surface area (Å²) in [6.45, 7) is 1.79. The van der Waals surface area contributed by atoms with Gasteiger partial charge in [-0.2, -0.15) is 0 Å². The van der Waals surface area contributed by atoms with E-state index in [-0.39, 0.29) is 12.3 Å². The Hall–Kier alpha value is -1.95. The van der Waals surface area contributed by atoms with Crippen LogP contribution in [0.5, 0.6) is 0 Å². The van der Waals surface area contributed by atoms with Crippen LogP contribution in [0.1, 0.15) is 31.4 Å². The van der Waals surface area contributed by atoms with Crippen LogP contribution in [0.2, 0.25) is 0 Å². The number of methoxy groups -OCH3 is 1. The van der Waals surface area contributed by atoms with Crippen molar-refractivity contribution in [2.45, 2.75) is 31.9 Å². The van der Waals surface area contributed by atoms with Crippen LogP contribution in [0.25, 0.3) is 0 Å². The second-order valence-corrected chi connectivity index (χ2v) is 4.34. The zero-order valence-electron chi connectivity index (χ0n) is 11.4. The first-order valence-corrected chi connectivity index (χ1v) is 6.28. The molecule has 5 nitrogen and oxygen atoms in total. The smallest absolute Gasteiger partial charge is 0.305 e. The molecule has 1 aromatic rings. The molecule has 0 fully saturated rings. The van der Waals surface area contributed by atoms with Crippen molar-refractivity contribution >= 4 is 11.9 Å². The molecule has 6 heteroatoms. The van der Waals surface area contributed by atoms with E-state index in [9.17, 15) is 14.0 Å². The van der Waals surface area contributed by atoms with Crippen molar-refractivity contribution in [2.75, 3.05) is 7.11 Å². The maximum Gasteiger partial charge on any atom is 0.305 e. The van der Waals surface area contributed by atoms with E-state index in [0.717, 1.165) is 0 Å². The Morgan fingerprint density at radius 2 is 1.95 bits per heavy atom. The van der Waals surface area contributed by atoms with Crippen molar-refractivity contribution in [1.82, 2.24) is 5.32 Å². The van der Waals surface area contributed by atoms with Crippen molar-refractivity contribution in [3.05, 3.63) is 35.6 Å². The third-order valence-corrected chi connectivity index (χ3v) is 2.92. The zero-order chi connectivity index (χ0) is 15.1. The largest absolute Gasteiger partial charge is 0.481 e. The molecular weight excluding hydrogens is 265 g/mol. The fourth-order valence-corrected chi connectivity index (χ4v) is 1.85. The van der Waals surface area contributed by atoms with Gasteiger partial charge in [0.1, 0.15) is 11.9 Å². The van der Waals surface area contributed by atoms with Gasteiger partial charge in [-0.3, -0.25) is 9.59 Å². The third kappa shape index (κ3) is 4.62. The lowest BCUT2D eigenvalue weighted by Gasteiger charge is -2.20. The van der Waals surface area contributed by atoms with Crippen LogP contribution >= 0.6 is 0 Å². The minimum Gasteiger partial charge on any atom is -0.481 e. The van der Waals surface area contributed by atoms with Crippen LogP contribution in [-0.4, -0.2) is 30.2 Å². The molecule has 0 saturated heterocycles. The lowest BCUT2D eigenvalue weighted by atomic mass is 10.0. The highest BCUT2D eigenvalue weighted by atomic mass is 19.1. The number of hydrogen-bond donors (Lipinski definition) is 2. The quantitative estimate of drug-likeness (QED) is 0.801. The normalized spacial score (nSPS) is 13.6. The van der Waals surface area contributed by atoms with E-state index >= 15 is 0 Å². The van der Waals surface area contributed by atoms with E-state index in [1.807, 2.05) is 0 Å². The van der Waals surface area contributed by atoms with Gasteiger partial charge in [-0.05, 0) is 24.1 Å². The van der Waals surface area contributed by atoms with Crippen LogP contribution < -0.4 is 5.32 Å². The van der Waals surface area contributed by atoms with Crippen LogP contribution in [0, 0.1) is 5.82 Å². The molecule has 2 unspecified atom stereocenters. The number of halogens is 1. The Morgan fingerprint density at radius 1 is 1.35 bits per heavy atom. The number of carbonyl (C=O) groups is 2. The van der Waals surface area contributed by atoms with Crippen molar-refractivity contribution in [3.63, 3.8) is 0 Å². The third-order valence-electron chi connectivity index (χ3n) is 2.92. The Labute approximate surface area is 116 Å². The Morgan fingerprint density at radius 3 is 2.40 bits per heavy atom. The lowest BCUT2D eigenvalue weighted by Crippen LogP contribution is -2.38. The molecule has 0 heterocycles. The molecule has 0 aliphatic carbocycles. The molecule has 110 valence electrons. The first-order chi connectivity index (χ1) is 9.47. The number of carbonyl (C=O) groups excluding carboxylic acids is 1. The zero-order valence-corrected chi connectivity index (χ0v) is 11.4. The van der Waals surface area contributed by atoms with Gasteiger partial charge in [-0.1, -0.05) is 19.1 Å². The second-order valence-electron chi connectivity index (χ2n) is 4.34. The summed E-state index contributed by atoms with van der Waals surface area (Å²) in [7, 11) is 1.41. The van der Waals surface area contributed by atoms with E-state index in [4.69, 9.17) is 9.84 Å². The Bertz CT molecular complexity index is 457. The van der Waals surface area contributed by atoms with Crippen molar-refractivity contribution in [3.8, 4) is 0 Å². The average Bonchev–Trinajstić information content (AvgIpc) is 2.39. The molecule has 2 N–H and O–H groups in total. The summed E-state index contributed by atoms with van der Waals surface area (Å²) in [4.78, 5) is 22.8. The predicted octanol–water partition coefficient (Wildman–Crippen LogP) is 1.88. The minimum absolute atomic E-state index is 0.280. The molecule has 1 aromatic carbocycles. The highest BCUT2D eigenvalue weighted by Crippen LogP contribution is 2.18. The number of benzene rings is 1. The van der Waals surface area contributed by atoms with E-state index in [1.165, 1.54) is 31.4 Å². The average molecular weight is 283 g/mol. The van der Waals surface area contributed by atoms with Crippen molar-refractivity contribution in [1.29, 1.82) is 0 Å². The van der Waals surface area contributed by atoms with Gasteiger partial charge in [0.05, 0.1) is 12.5 Å². The summed E-state index contributed by atoms with van der Waals surface area (Å²) in [5.74, 6) is -1.85. The molecule has 0 bridgehead atoms. The summed E-state index contributed by atoms with van der Waals surface area (Å²) >= 11 is 0. The molecule has 1 rings (SSSR count). The number of aliphatic carboxylic acids is 1. The van der Waals surface area contributed by atoms with E-state index in [0.29, 0.717) is 12.0 Å².